The van der Waals surface area contributed by atoms with E-state index in [9.17, 15) is 4.79 Å². The van der Waals surface area contributed by atoms with Gasteiger partial charge in [0.25, 0.3) is 0 Å². The molecule has 4 aromatic rings. The van der Waals surface area contributed by atoms with Crippen LogP contribution < -0.4 is 11.1 Å². The number of carbonyl (C=O) groups is 1. The van der Waals surface area contributed by atoms with Crippen LogP contribution in [0.3, 0.4) is 0 Å². The topological polar surface area (TPSA) is 115 Å². The average Bonchev–Trinajstić information content (AvgIpc) is 3.52. The number of anilines is 1. The van der Waals surface area contributed by atoms with E-state index >= 15 is 0 Å². The Morgan fingerprint density at radius 2 is 1.91 bits per heavy atom. The summed E-state index contributed by atoms with van der Waals surface area (Å²) in [5.74, 6) is 0.844. The molecule has 3 aromatic heterocycles. The SMILES string of the molecule is Nc1ncnc2c1c(-c1[nH]c3ccccc3c1Cl)nn2C1CCC(NC(=O)C2CC2)CC1. The van der Waals surface area contributed by atoms with Crippen molar-refractivity contribution < 1.29 is 4.79 Å². The molecule has 2 saturated carbocycles. The van der Waals surface area contributed by atoms with Crippen molar-refractivity contribution in [2.45, 2.75) is 50.6 Å². The molecule has 0 radical (unpaired) electrons. The lowest BCUT2D eigenvalue weighted by molar-refractivity contribution is -0.123. The smallest absolute Gasteiger partial charge is 0.223 e. The van der Waals surface area contributed by atoms with Crippen LogP contribution in [-0.4, -0.2) is 36.7 Å². The summed E-state index contributed by atoms with van der Waals surface area (Å²) in [6.45, 7) is 0. The summed E-state index contributed by atoms with van der Waals surface area (Å²) in [6.07, 6.45) is 7.21. The molecule has 2 aliphatic carbocycles. The number of fused-ring (bicyclic) bond motifs is 2. The number of benzene rings is 1. The highest BCUT2D eigenvalue weighted by Crippen LogP contribution is 2.40. The summed E-state index contributed by atoms with van der Waals surface area (Å²) in [5, 5.41) is 10.4. The number of hydrogen-bond acceptors (Lipinski definition) is 5. The molecule has 0 unspecified atom stereocenters. The lowest BCUT2D eigenvalue weighted by Gasteiger charge is -2.29. The third-order valence-corrected chi connectivity index (χ3v) is 7.13. The van der Waals surface area contributed by atoms with Crippen molar-refractivity contribution in [2.24, 2.45) is 5.92 Å². The van der Waals surface area contributed by atoms with Crippen LogP contribution in [0.1, 0.15) is 44.6 Å². The molecule has 164 valence electrons. The zero-order valence-corrected chi connectivity index (χ0v) is 18.3. The molecular weight excluding hydrogens is 426 g/mol. The third kappa shape index (κ3) is 3.21. The van der Waals surface area contributed by atoms with E-state index in [-0.39, 0.29) is 23.9 Å². The number of nitrogen functional groups attached to an aromatic ring is 1. The summed E-state index contributed by atoms with van der Waals surface area (Å²) in [7, 11) is 0. The number of nitrogens with zero attached hydrogens (tertiary/aromatic N) is 4. The van der Waals surface area contributed by atoms with E-state index in [1.54, 1.807) is 0 Å². The second kappa shape index (κ2) is 7.48. The summed E-state index contributed by atoms with van der Waals surface area (Å²) >= 11 is 6.74. The number of aromatic amines is 1. The Kier molecular flexibility index (Phi) is 4.57. The molecule has 3 heterocycles. The van der Waals surface area contributed by atoms with Crippen LogP contribution in [0.5, 0.6) is 0 Å². The van der Waals surface area contributed by atoms with Gasteiger partial charge in [-0.3, -0.25) is 4.79 Å². The van der Waals surface area contributed by atoms with Gasteiger partial charge in [0.15, 0.2) is 5.65 Å². The standard InChI is InChI=1S/C23H24ClN7O/c24-18-15-3-1-2-4-16(15)29-20(18)19-17-21(25)26-11-27-22(17)31(30-19)14-9-7-13(8-10-14)28-23(32)12-5-6-12/h1-4,11-14,29H,5-10H2,(H,28,32)(H2,25,26,27). The van der Waals surface area contributed by atoms with Crippen LogP contribution in [0.15, 0.2) is 30.6 Å². The number of aromatic nitrogens is 5. The summed E-state index contributed by atoms with van der Waals surface area (Å²) < 4.78 is 1.98. The molecule has 1 aromatic carbocycles. The Labute approximate surface area is 189 Å². The fraction of sp³-hybridized carbons (Fsp3) is 0.391. The zero-order chi connectivity index (χ0) is 21.8. The minimum atomic E-state index is 0.179. The van der Waals surface area contributed by atoms with E-state index in [1.807, 2.05) is 28.9 Å². The quantitative estimate of drug-likeness (QED) is 0.431. The van der Waals surface area contributed by atoms with Crippen LogP contribution in [0.4, 0.5) is 5.82 Å². The first-order chi connectivity index (χ1) is 15.6. The number of H-pyrrole nitrogens is 1. The average molecular weight is 450 g/mol. The van der Waals surface area contributed by atoms with Crippen LogP contribution >= 0.6 is 11.6 Å². The van der Waals surface area contributed by atoms with Gasteiger partial charge in [-0.25, -0.2) is 14.6 Å². The maximum absolute atomic E-state index is 12.1. The van der Waals surface area contributed by atoms with Gasteiger partial charge in [0.2, 0.25) is 5.91 Å². The van der Waals surface area contributed by atoms with Gasteiger partial charge < -0.3 is 16.0 Å². The number of rotatable bonds is 4. The Hall–Kier alpha value is -3.13. The van der Waals surface area contributed by atoms with E-state index in [0.29, 0.717) is 27.6 Å². The molecule has 9 heteroatoms. The molecule has 32 heavy (non-hydrogen) atoms. The maximum atomic E-state index is 12.1. The zero-order valence-electron chi connectivity index (χ0n) is 17.5. The van der Waals surface area contributed by atoms with Crippen molar-refractivity contribution >= 4 is 45.3 Å². The molecule has 1 amide bonds. The molecule has 4 N–H and O–H groups in total. The molecule has 2 aliphatic rings. The van der Waals surface area contributed by atoms with Crippen LogP contribution in [-0.2, 0) is 4.79 Å². The van der Waals surface area contributed by atoms with Gasteiger partial charge >= 0.3 is 0 Å². The van der Waals surface area contributed by atoms with Crippen LogP contribution in [0.25, 0.3) is 33.3 Å². The Morgan fingerprint density at radius 1 is 1.12 bits per heavy atom. The highest BCUT2D eigenvalue weighted by Gasteiger charge is 2.33. The summed E-state index contributed by atoms with van der Waals surface area (Å²) in [4.78, 5) is 24.3. The van der Waals surface area contributed by atoms with Crippen LogP contribution in [0, 0.1) is 5.92 Å². The van der Waals surface area contributed by atoms with Crippen molar-refractivity contribution in [2.75, 3.05) is 5.73 Å². The Morgan fingerprint density at radius 3 is 2.66 bits per heavy atom. The first kappa shape index (κ1) is 19.5. The second-order valence-corrected chi connectivity index (χ2v) is 9.28. The van der Waals surface area contributed by atoms with E-state index in [4.69, 9.17) is 22.4 Å². The normalized spacial score (nSPS) is 21.3. The van der Waals surface area contributed by atoms with E-state index in [2.05, 4.69) is 20.3 Å². The lowest BCUT2D eigenvalue weighted by atomic mass is 9.91. The largest absolute Gasteiger partial charge is 0.383 e. The highest BCUT2D eigenvalue weighted by molar-refractivity contribution is 6.38. The highest BCUT2D eigenvalue weighted by atomic mass is 35.5. The molecular formula is C23H24ClN7O. The molecule has 0 spiro atoms. The fourth-order valence-corrected chi connectivity index (χ4v) is 5.13. The van der Waals surface area contributed by atoms with Gasteiger partial charge in [0.05, 0.1) is 22.1 Å². The number of hydrogen-bond donors (Lipinski definition) is 3. The van der Waals surface area contributed by atoms with Crippen molar-refractivity contribution in [1.82, 2.24) is 30.0 Å². The van der Waals surface area contributed by atoms with Crippen molar-refractivity contribution in [3.63, 3.8) is 0 Å². The van der Waals surface area contributed by atoms with Crippen molar-refractivity contribution in [3.8, 4) is 11.4 Å². The van der Waals surface area contributed by atoms with E-state index in [1.165, 1.54) is 6.33 Å². The molecule has 0 saturated heterocycles. The predicted molar refractivity (Wildman–Crippen MR) is 124 cm³/mol. The number of amides is 1. The third-order valence-electron chi connectivity index (χ3n) is 6.73. The van der Waals surface area contributed by atoms with E-state index in [0.717, 1.165) is 55.1 Å². The molecule has 8 nitrogen and oxygen atoms in total. The Balaban J connectivity index is 1.35. The van der Waals surface area contributed by atoms with Crippen LogP contribution in [0.2, 0.25) is 5.02 Å². The second-order valence-electron chi connectivity index (χ2n) is 8.90. The van der Waals surface area contributed by atoms with Gasteiger partial charge in [-0.05, 0) is 44.6 Å². The van der Waals surface area contributed by atoms with Gasteiger partial charge in [-0.1, -0.05) is 29.8 Å². The molecule has 0 bridgehead atoms. The van der Waals surface area contributed by atoms with E-state index < -0.39 is 0 Å². The first-order valence-electron chi connectivity index (χ1n) is 11.2. The Bertz CT molecular complexity index is 1330. The monoisotopic (exact) mass is 449 g/mol. The molecule has 6 rings (SSSR count). The van der Waals surface area contributed by atoms with Crippen molar-refractivity contribution in [3.05, 3.63) is 35.6 Å². The number of nitrogens with two attached hydrogens (primary N) is 1. The number of nitrogens with one attached hydrogen (secondary N) is 2. The first-order valence-corrected chi connectivity index (χ1v) is 11.5. The maximum Gasteiger partial charge on any atom is 0.223 e. The predicted octanol–water partition coefficient (Wildman–Crippen LogP) is 4.22. The number of para-hydroxylation sites is 1. The minimum absolute atomic E-state index is 0.179. The molecule has 2 fully saturated rings. The van der Waals surface area contributed by atoms with Gasteiger partial charge in [0, 0.05) is 22.9 Å². The van der Waals surface area contributed by atoms with Gasteiger partial charge in [0.1, 0.15) is 17.8 Å². The molecule has 0 atom stereocenters. The minimum Gasteiger partial charge on any atom is -0.383 e. The number of halogens is 1. The summed E-state index contributed by atoms with van der Waals surface area (Å²) in [6, 6.07) is 8.31. The fourth-order valence-electron chi connectivity index (χ4n) is 4.83. The van der Waals surface area contributed by atoms with Crippen molar-refractivity contribution in [1.29, 1.82) is 0 Å². The molecule has 0 aliphatic heterocycles. The van der Waals surface area contributed by atoms with Gasteiger partial charge in [-0.2, -0.15) is 5.10 Å². The number of carbonyl (C=O) groups excluding carboxylic acids is 1. The summed E-state index contributed by atoms with van der Waals surface area (Å²) in [5.41, 5.74) is 9.34. The van der Waals surface area contributed by atoms with Gasteiger partial charge in [-0.15, -0.1) is 0 Å². The lowest BCUT2D eigenvalue weighted by Crippen LogP contribution is -2.38.